The largest absolute Gasteiger partial charge is 0.376 e. The van der Waals surface area contributed by atoms with Crippen LogP contribution in [0.2, 0.25) is 0 Å². The van der Waals surface area contributed by atoms with Gasteiger partial charge in [-0.15, -0.1) is 0 Å². The molecule has 0 spiro atoms. The van der Waals surface area contributed by atoms with Crippen LogP contribution in [0.25, 0.3) is 22.3 Å². The van der Waals surface area contributed by atoms with Gasteiger partial charge in [-0.3, -0.25) is 13.9 Å². The molecule has 30 heavy (non-hydrogen) atoms. The molecule has 3 heterocycles. The van der Waals surface area contributed by atoms with Gasteiger partial charge in [-0.1, -0.05) is 47.6 Å². The van der Waals surface area contributed by atoms with Crippen molar-refractivity contribution in [1.29, 1.82) is 0 Å². The van der Waals surface area contributed by atoms with E-state index < -0.39 is 5.69 Å². The summed E-state index contributed by atoms with van der Waals surface area (Å²) >= 11 is 0. The number of aromatic nitrogens is 4. The predicted molar refractivity (Wildman–Crippen MR) is 110 cm³/mol. The highest BCUT2D eigenvalue weighted by Crippen LogP contribution is 2.17. The quantitative estimate of drug-likeness (QED) is 0.507. The zero-order chi connectivity index (χ0) is 20.5. The Morgan fingerprint density at radius 3 is 2.60 bits per heavy atom. The van der Waals surface area contributed by atoms with Crippen LogP contribution in [0.5, 0.6) is 0 Å². The monoisotopic (exact) mass is 404 g/mol. The Balaban J connectivity index is 1.57. The van der Waals surface area contributed by atoms with Crippen molar-refractivity contribution in [3.63, 3.8) is 0 Å². The lowest BCUT2D eigenvalue weighted by molar-refractivity contribution is 0.0948. The molecule has 0 aliphatic carbocycles. The zero-order valence-electron chi connectivity index (χ0n) is 16.2. The van der Waals surface area contributed by atoms with Crippen LogP contribution in [0.1, 0.15) is 18.7 Å². The van der Waals surface area contributed by atoms with Crippen LogP contribution in [-0.4, -0.2) is 32.0 Å². The van der Waals surface area contributed by atoms with Gasteiger partial charge in [0, 0.05) is 12.2 Å². The van der Waals surface area contributed by atoms with Crippen molar-refractivity contribution >= 4 is 10.9 Å². The van der Waals surface area contributed by atoms with Crippen LogP contribution in [-0.2, 0) is 17.8 Å². The second kappa shape index (κ2) is 7.72. The van der Waals surface area contributed by atoms with Crippen molar-refractivity contribution in [3.05, 3.63) is 81.3 Å². The lowest BCUT2D eigenvalue weighted by Gasteiger charge is -2.15. The summed E-state index contributed by atoms with van der Waals surface area (Å²) in [7, 11) is 0. The Hall–Kier alpha value is -3.52. The van der Waals surface area contributed by atoms with E-state index in [0.29, 0.717) is 29.2 Å². The molecule has 1 saturated heterocycles. The molecule has 0 bridgehead atoms. The van der Waals surface area contributed by atoms with Gasteiger partial charge in [0.1, 0.15) is 6.54 Å². The summed E-state index contributed by atoms with van der Waals surface area (Å²) in [6, 6.07) is 16.5. The molecule has 2 aromatic carbocycles. The Morgan fingerprint density at radius 2 is 1.80 bits per heavy atom. The van der Waals surface area contributed by atoms with E-state index in [9.17, 15) is 9.59 Å². The van der Waals surface area contributed by atoms with Gasteiger partial charge in [0.25, 0.3) is 5.56 Å². The molecule has 0 amide bonds. The van der Waals surface area contributed by atoms with Crippen LogP contribution < -0.4 is 11.2 Å². The maximum atomic E-state index is 13.3. The molecule has 2 aromatic heterocycles. The molecule has 0 radical (unpaired) electrons. The van der Waals surface area contributed by atoms with Gasteiger partial charge < -0.3 is 9.26 Å². The summed E-state index contributed by atoms with van der Waals surface area (Å²) in [5, 5.41) is 4.50. The molecule has 1 unspecified atom stereocenters. The highest BCUT2D eigenvalue weighted by atomic mass is 16.5. The molecule has 4 aromatic rings. The average Bonchev–Trinajstić information content (AvgIpc) is 3.47. The minimum absolute atomic E-state index is 0.0744. The fraction of sp³-hybridized carbons (Fsp3) is 0.273. The van der Waals surface area contributed by atoms with Gasteiger partial charge in [0.05, 0.1) is 23.6 Å². The molecule has 1 aliphatic heterocycles. The van der Waals surface area contributed by atoms with Gasteiger partial charge in [-0.05, 0) is 25.0 Å². The standard InChI is InChI=1S/C22H20N4O4/c27-21-17-10-4-5-11-18(17)25(22(28)26(21)13-16-9-6-12-29-16)14-19-23-20(24-30-19)15-7-2-1-3-8-15/h1-5,7-8,10-11,16H,6,9,12-14H2. The molecule has 0 N–H and O–H groups in total. The van der Waals surface area contributed by atoms with Gasteiger partial charge in [-0.2, -0.15) is 4.98 Å². The van der Waals surface area contributed by atoms with Crippen LogP contribution in [0.3, 0.4) is 0 Å². The summed E-state index contributed by atoms with van der Waals surface area (Å²) in [6.07, 6.45) is 1.65. The Morgan fingerprint density at radius 1 is 1.00 bits per heavy atom. The number of rotatable bonds is 5. The van der Waals surface area contributed by atoms with Gasteiger partial charge >= 0.3 is 5.69 Å². The van der Waals surface area contributed by atoms with E-state index in [2.05, 4.69) is 10.1 Å². The first-order valence-corrected chi connectivity index (χ1v) is 9.93. The first-order valence-electron chi connectivity index (χ1n) is 9.93. The van der Waals surface area contributed by atoms with E-state index in [-0.39, 0.29) is 24.8 Å². The molecule has 8 heteroatoms. The summed E-state index contributed by atoms with van der Waals surface area (Å²) in [5.74, 6) is 0.749. The molecule has 1 atom stereocenters. The molecule has 1 aliphatic rings. The first kappa shape index (κ1) is 18.5. The summed E-state index contributed by atoms with van der Waals surface area (Å²) in [6.45, 7) is 0.970. The maximum absolute atomic E-state index is 13.3. The van der Waals surface area contributed by atoms with Crippen molar-refractivity contribution in [2.75, 3.05) is 6.61 Å². The van der Waals surface area contributed by atoms with Gasteiger partial charge in [-0.25, -0.2) is 4.79 Å². The smallest absolute Gasteiger partial charge is 0.332 e. The predicted octanol–water partition coefficient (Wildman–Crippen LogP) is 2.44. The van der Waals surface area contributed by atoms with Crippen molar-refractivity contribution in [3.8, 4) is 11.4 Å². The number of benzene rings is 2. The molecule has 8 nitrogen and oxygen atoms in total. The fourth-order valence-electron chi connectivity index (χ4n) is 3.84. The molecule has 5 rings (SSSR count). The van der Waals surface area contributed by atoms with Crippen LogP contribution in [0.4, 0.5) is 0 Å². The second-order valence-corrected chi connectivity index (χ2v) is 7.31. The number of fused-ring (bicyclic) bond motifs is 1. The van der Waals surface area contributed by atoms with Crippen LogP contribution in [0, 0.1) is 0 Å². The highest BCUT2D eigenvalue weighted by molar-refractivity contribution is 5.77. The number of ether oxygens (including phenoxy) is 1. The van der Waals surface area contributed by atoms with E-state index in [0.717, 1.165) is 18.4 Å². The number of nitrogens with zero attached hydrogens (tertiary/aromatic N) is 4. The lowest BCUT2D eigenvalue weighted by atomic mass is 10.2. The van der Waals surface area contributed by atoms with Crippen molar-refractivity contribution in [1.82, 2.24) is 19.3 Å². The fourth-order valence-corrected chi connectivity index (χ4v) is 3.84. The van der Waals surface area contributed by atoms with E-state index >= 15 is 0 Å². The lowest BCUT2D eigenvalue weighted by Crippen LogP contribution is -2.42. The average molecular weight is 404 g/mol. The Kier molecular flexibility index (Phi) is 4.76. The molecular formula is C22H20N4O4. The first-order chi connectivity index (χ1) is 14.7. The summed E-state index contributed by atoms with van der Waals surface area (Å²) in [4.78, 5) is 30.7. The van der Waals surface area contributed by atoms with E-state index in [4.69, 9.17) is 9.26 Å². The van der Waals surface area contributed by atoms with Gasteiger partial charge in [0.15, 0.2) is 0 Å². The topological polar surface area (TPSA) is 92.2 Å². The molecule has 152 valence electrons. The number of hydrogen-bond acceptors (Lipinski definition) is 6. The third-order valence-corrected chi connectivity index (χ3v) is 5.34. The zero-order valence-corrected chi connectivity index (χ0v) is 16.2. The summed E-state index contributed by atoms with van der Waals surface area (Å²) < 4.78 is 13.8. The number of para-hydroxylation sites is 1. The summed E-state index contributed by atoms with van der Waals surface area (Å²) in [5.41, 5.74) is 0.648. The SMILES string of the molecule is O=c1c2ccccc2n(Cc2nc(-c3ccccc3)no2)c(=O)n1CC1CCCO1. The van der Waals surface area contributed by atoms with E-state index in [1.807, 2.05) is 30.3 Å². The van der Waals surface area contributed by atoms with Gasteiger partial charge in [0.2, 0.25) is 11.7 Å². The minimum atomic E-state index is -0.409. The normalized spacial score (nSPS) is 16.3. The van der Waals surface area contributed by atoms with Crippen molar-refractivity contribution in [2.45, 2.75) is 32.0 Å². The van der Waals surface area contributed by atoms with Crippen LogP contribution in [0.15, 0.2) is 68.7 Å². The highest BCUT2D eigenvalue weighted by Gasteiger charge is 2.21. The third kappa shape index (κ3) is 3.35. The molecule has 0 saturated carbocycles. The third-order valence-electron chi connectivity index (χ3n) is 5.34. The van der Waals surface area contributed by atoms with E-state index in [1.165, 1.54) is 9.13 Å². The Labute approximate surface area is 171 Å². The van der Waals surface area contributed by atoms with Crippen molar-refractivity contribution in [2.24, 2.45) is 0 Å². The molecular weight excluding hydrogens is 384 g/mol. The Bertz CT molecular complexity index is 1300. The molecule has 1 fully saturated rings. The second-order valence-electron chi connectivity index (χ2n) is 7.31. The van der Waals surface area contributed by atoms with Crippen molar-refractivity contribution < 1.29 is 9.26 Å². The van der Waals surface area contributed by atoms with Crippen LogP contribution >= 0.6 is 0 Å². The maximum Gasteiger partial charge on any atom is 0.332 e. The van der Waals surface area contributed by atoms with E-state index in [1.54, 1.807) is 24.3 Å². The minimum Gasteiger partial charge on any atom is -0.376 e. The number of hydrogen-bond donors (Lipinski definition) is 0.